The number of hydrogen-bond donors (Lipinski definition) is 1. The largest absolute Gasteiger partial charge is 0.352 e. The average Bonchev–Trinajstić information content (AvgIpc) is 2.47. The molecule has 0 aliphatic heterocycles. The summed E-state index contributed by atoms with van der Waals surface area (Å²) in [7, 11) is 0. The van der Waals surface area contributed by atoms with Crippen molar-refractivity contribution in [1.29, 1.82) is 0 Å². The number of carbonyl (C=O) groups excluding carboxylic acids is 2. The molecule has 1 aromatic rings. The number of nitrogens with one attached hydrogen (secondary N) is 1. The minimum Gasteiger partial charge on any atom is -0.352 e. The first kappa shape index (κ1) is 18.5. The van der Waals surface area contributed by atoms with Crippen LogP contribution in [0.4, 0.5) is 0 Å². The molecule has 22 heavy (non-hydrogen) atoms. The molecule has 1 atom stereocenters. The second-order valence-electron chi connectivity index (χ2n) is 5.59. The van der Waals surface area contributed by atoms with Gasteiger partial charge in [-0.3, -0.25) is 9.59 Å². The van der Waals surface area contributed by atoms with E-state index in [0.717, 1.165) is 5.56 Å². The second-order valence-corrected chi connectivity index (χ2v) is 6.03. The van der Waals surface area contributed by atoms with Gasteiger partial charge < -0.3 is 10.2 Å². The molecule has 0 aliphatic rings. The van der Waals surface area contributed by atoms with Crippen LogP contribution in [-0.4, -0.2) is 28.8 Å². The predicted molar refractivity (Wildman–Crippen MR) is 89.7 cm³/mol. The summed E-state index contributed by atoms with van der Waals surface area (Å²) >= 11 is 5.89. The van der Waals surface area contributed by atoms with Crippen molar-refractivity contribution in [3.63, 3.8) is 0 Å². The molecule has 1 N–H and O–H groups in total. The Morgan fingerprint density at radius 1 is 1.18 bits per heavy atom. The zero-order valence-electron chi connectivity index (χ0n) is 13.7. The SMILES string of the molecule is CCC(=O)N(Cc1ccc(Cl)cc1)[C@@H](CC)C(=O)NC(C)C. The Balaban J connectivity index is 2.97. The number of benzene rings is 1. The molecule has 0 bridgehead atoms. The van der Waals surface area contributed by atoms with E-state index in [1.54, 1.807) is 17.0 Å². The topological polar surface area (TPSA) is 49.4 Å². The number of rotatable bonds is 7. The molecule has 1 rings (SSSR count). The summed E-state index contributed by atoms with van der Waals surface area (Å²) in [6.45, 7) is 7.96. The van der Waals surface area contributed by atoms with Gasteiger partial charge in [-0.25, -0.2) is 0 Å². The lowest BCUT2D eigenvalue weighted by atomic mass is 10.1. The fourth-order valence-corrected chi connectivity index (χ4v) is 2.42. The Morgan fingerprint density at radius 3 is 2.23 bits per heavy atom. The first-order valence-electron chi connectivity index (χ1n) is 7.73. The molecule has 1 aromatic carbocycles. The Kier molecular flexibility index (Phi) is 7.39. The Bertz CT molecular complexity index is 500. The third kappa shape index (κ3) is 5.34. The van der Waals surface area contributed by atoms with Crippen LogP contribution in [0.25, 0.3) is 0 Å². The second kappa shape index (κ2) is 8.79. The molecule has 0 aromatic heterocycles. The third-order valence-corrected chi connectivity index (χ3v) is 3.64. The number of carbonyl (C=O) groups is 2. The Morgan fingerprint density at radius 2 is 1.77 bits per heavy atom. The molecule has 0 spiro atoms. The van der Waals surface area contributed by atoms with Crippen LogP contribution in [0.15, 0.2) is 24.3 Å². The first-order chi connectivity index (χ1) is 10.4. The Labute approximate surface area is 137 Å². The highest BCUT2D eigenvalue weighted by Crippen LogP contribution is 2.16. The monoisotopic (exact) mass is 324 g/mol. The highest BCUT2D eigenvalue weighted by atomic mass is 35.5. The average molecular weight is 325 g/mol. The summed E-state index contributed by atoms with van der Waals surface area (Å²) in [5.41, 5.74) is 0.960. The summed E-state index contributed by atoms with van der Waals surface area (Å²) in [6.07, 6.45) is 0.955. The van der Waals surface area contributed by atoms with Gasteiger partial charge in [-0.1, -0.05) is 37.6 Å². The lowest BCUT2D eigenvalue weighted by Gasteiger charge is -2.31. The van der Waals surface area contributed by atoms with Crippen molar-refractivity contribution in [2.75, 3.05) is 0 Å². The molecule has 0 saturated heterocycles. The quantitative estimate of drug-likeness (QED) is 0.836. The lowest BCUT2D eigenvalue weighted by molar-refractivity contribution is -0.141. The van der Waals surface area contributed by atoms with Crippen molar-refractivity contribution in [1.82, 2.24) is 10.2 Å². The molecule has 5 heteroatoms. The van der Waals surface area contributed by atoms with Crippen molar-refractivity contribution in [3.05, 3.63) is 34.9 Å². The summed E-state index contributed by atoms with van der Waals surface area (Å²) < 4.78 is 0. The van der Waals surface area contributed by atoms with Crippen LogP contribution >= 0.6 is 11.6 Å². The maximum atomic E-state index is 12.4. The van der Waals surface area contributed by atoms with Crippen LogP contribution in [0.5, 0.6) is 0 Å². The zero-order chi connectivity index (χ0) is 16.7. The predicted octanol–water partition coefficient (Wildman–Crippen LogP) is 3.38. The molecular formula is C17H25ClN2O2. The summed E-state index contributed by atoms with van der Waals surface area (Å²) in [5, 5.41) is 3.55. The van der Waals surface area contributed by atoms with E-state index in [0.29, 0.717) is 24.4 Å². The summed E-state index contributed by atoms with van der Waals surface area (Å²) in [4.78, 5) is 26.3. The smallest absolute Gasteiger partial charge is 0.243 e. The van der Waals surface area contributed by atoms with Crippen LogP contribution in [0.1, 0.15) is 46.1 Å². The van der Waals surface area contributed by atoms with E-state index >= 15 is 0 Å². The van der Waals surface area contributed by atoms with E-state index < -0.39 is 6.04 Å². The molecule has 0 saturated carbocycles. The number of hydrogen-bond acceptors (Lipinski definition) is 2. The van der Waals surface area contributed by atoms with Crippen LogP contribution in [0.2, 0.25) is 5.02 Å². The van der Waals surface area contributed by atoms with Crippen molar-refractivity contribution in [3.8, 4) is 0 Å². The van der Waals surface area contributed by atoms with E-state index in [1.807, 2.05) is 39.8 Å². The normalized spacial score (nSPS) is 12.1. The van der Waals surface area contributed by atoms with Crippen LogP contribution in [0.3, 0.4) is 0 Å². The van der Waals surface area contributed by atoms with Gasteiger partial charge in [-0.15, -0.1) is 0 Å². The zero-order valence-corrected chi connectivity index (χ0v) is 14.5. The molecule has 0 fully saturated rings. The molecule has 0 aliphatic carbocycles. The van der Waals surface area contributed by atoms with Crippen molar-refractivity contribution >= 4 is 23.4 Å². The van der Waals surface area contributed by atoms with Gasteiger partial charge in [0.05, 0.1) is 0 Å². The Hall–Kier alpha value is -1.55. The van der Waals surface area contributed by atoms with Gasteiger partial charge in [0.2, 0.25) is 11.8 Å². The number of halogens is 1. The van der Waals surface area contributed by atoms with Crippen molar-refractivity contribution in [2.24, 2.45) is 0 Å². The molecule has 0 unspecified atom stereocenters. The minimum absolute atomic E-state index is 0.0271. The van der Waals surface area contributed by atoms with Gasteiger partial charge in [-0.05, 0) is 38.0 Å². The molecule has 0 radical (unpaired) electrons. The van der Waals surface area contributed by atoms with Crippen LogP contribution in [-0.2, 0) is 16.1 Å². The minimum atomic E-state index is -0.453. The third-order valence-electron chi connectivity index (χ3n) is 3.39. The number of nitrogens with zero attached hydrogens (tertiary/aromatic N) is 1. The maximum absolute atomic E-state index is 12.4. The van der Waals surface area contributed by atoms with Gasteiger partial charge in [0, 0.05) is 24.0 Å². The molecular weight excluding hydrogens is 300 g/mol. The maximum Gasteiger partial charge on any atom is 0.243 e. The summed E-state index contributed by atoms with van der Waals surface area (Å²) in [6, 6.07) is 6.94. The van der Waals surface area contributed by atoms with Gasteiger partial charge in [0.15, 0.2) is 0 Å². The highest BCUT2D eigenvalue weighted by Gasteiger charge is 2.27. The fraction of sp³-hybridized carbons (Fsp3) is 0.529. The van der Waals surface area contributed by atoms with E-state index in [4.69, 9.17) is 11.6 Å². The van der Waals surface area contributed by atoms with E-state index in [1.165, 1.54) is 0 Å². The van der Waals surface area contributed by atoms with Gasteiger partial charge >= 0.3 is 0 Å². The standard InChI is InChI=1S/C17H25ClN2O2/c1-5-15(17(22)19-12(3)4)20(16(21)6-2)11-13-7-9-14(18)10-8-13/h7-10,12,15H,5-6,11H2,1-4H3,(H,19,22)/t15-/m0/s1. The van der Waals surface area contributed by atoms with E-state index in [2.05, 4.69) is 5.32 Å². The van der Waals surface area contributed by atoms with Gasteiger partial charge in [0.25, 0.3) is 0 Å². The highest BCUT2D eigenvalue weighted by molar-refractivity contribution is 6.30. The van der Waals surface area contributed by atoms with Gasteiger partial charge in [-0.2, -0.15) is 0 Å². The molecule has 4 nitrogen and oxygen atoms in total. The molecule has 122 valence electrons. The number of amides is 2. The van der Waals surface area contributed by atoms with Gasteiger partial charge in [0.1, 0.15) is 6.04 Å². The van der Waals surface area contributed by atoms with Crippen LogP contribution < -0.4 is 5.32 Å². The molecule has 2 amide bonds. The van der Waals surface area contributed by atoms with Crippen LogP contribution in [0, 0.1) is 0 Å². The summed E-state index contributed by atoms with van der Waals surface area (Å²) in [5.74, 6) is -0.131. The van der Waals surface area contributed by atoms with Crippen molar-refractivity contribution < 1.29 is 9.59 Å². The van der Waals surface area contributed by atoms with E-state index in [9.17, 15) is 9.59 Å². The van der Waals surface area contributed by atoms with E-state index in [-0.39, 0.29) is 17.9 Å². The molecule has 0 heterocycles. The first-order valence-corrected chi connectivity index (χ1v) is 8.11. The fourth-order valence-electron chi connectivity index (χ4n) is 2.29. The van der Waals surface area contributed by atoms with Crippen molar-refractivity contribution in [2.45, 2.75) is 59.2 Å². The lowest BCUT2D eigenvalue weighted by Crippen LogP contribution is -2.50.